The number of carbonyl (C=O) groups excluding carboxylic acids is 1. The summed E-state index contributed by atoms with van der Waals surface area (Å²) in [4.78, 5) is 19.8. The van der Waals surface area contributed by atoms with Gasteiger partial charge in [-0.3, -0.25) is 4.79 Å². The summed E-state index contributed by atoms with van der Waals surface area (Å²) in [6.45, 7) is 3.36. The Kier molecular flexibility index (Phi) is 4.91. The highest BCUT2D eigenvalue weighted by Gasteiger charge is 2.36. The monoisotopic (exact) mass is 404 g/mol. The zero-order chi connectivity index (χ0) is 20.5. The Bertz CT molecular complexity index is 1040. The van der Waals surface area contributed by atoms with Crippen molar-refractivity contribution >= 4 is 5.91 Å². The van der Waals surface area contributed by atoms with Crippen LogP contribution in [0.15, 0.2) is 59.0 Å². The van der Waals surface area contributed by atoms with Gasteiger partial charge < -0.3 is 18.8 Å². The number of hydrogen-bond donors (Lipinski definition) is 0. The third-order valence-corrected chi connectivity index (χ3v) is 5.49. The number of oxazole rings is 1. The first-order valence-corrected chi connectivity index (χ1v) is 10.5. The molecule has 2 heterocycles. The maximum Gasteiger partial charge on any atom is 0.276 e. The van der Waals surface area contributed by atoms with Gasteiger partial charge in [-0.25, -0.2) is 4.98 Å². The second-order valence-electron chi connectivity index (χ2n) is 7.71. The predicted molar refractivity (Wildman–Crippen MR) is 112 cm³/mol. The maximum atomic E-state index is 13.4. The summed E-state index contributed by atoms with van der Waals surface area (Å²) in [5, 5.41) is 0. The third kappa shape index (κ3) is 3.65. The number of ether oxygens (including phenoxy) is 2. The van der Waals surface area contributed by atoms with Crippen LogP contribution >= 0.6 is 0 Å². The van der Waals surface area contributed by atoms with E-state index in [1.54, 1.807) is 4.90 Å². The number of carbonyl (C=O) groups is 1. The fourth-order valence-electron chi connectivity index (χ4n) is 3.72. The number of hydrogen-bond acceptors (Lipinski definition) is 5. The van der Waals surface area contributed by atoms with Gasteiger partial charge in [0.05, 0.1) is 6.54 Å². The normalized spacial score (nSPS) is 17.6. The zero-order valence-corrected chi connectivity index (χ0v) is 16.9. The molecule has 0 bridgehead atoms. The van der Waals surface area contributed by atoms with Crippen molar-refractivity contribution in [3.8, 4) is 23.0 Å². The van der Waals surface area contributed by atoms with Crippen LogP contribution in [0, 0.1) is 0 Å². The fraction of sp³-hybridized carbons (Fsp3) is 0.333. The molecule has 2 aliphatic rings. The summed E-state index contributed by atoms with van der Waals surface area (Å²) >= 11 is 0. The lowest BCUT2D eigenvalue weighted by atomic mass is 10.2. The molecule has 1 fully saturated rings. The van der Waals surface area contributed by atoms with E-state index in [1.807, 2.05) is 61.5 Å². The van der Waals surface area contributed by atoms with E-state index < -0.39 is 0 Å². The number of para-hydroxylation sites is 2. The second kappa shape index (κ2) is 7.86. The van der Waals surface area contributed by atoms with Crippen molar-refractivity contribution in [1.82, 2.24) is 9.88 Å². The molecule has 6 heteroatoms. The number of amides is 1. The Hall–Kier alpha value is -3.28. The van der Waals surface area contributed by atoms with E-state index >= 15 is 0 Å². The molecule has 6 nitrogen and oxygen atoms in total. The first-order valence-electron chi connectivity index (χ1n) is 10.5. The molecule has 1 atom stereocenters. The van der Waals surface area contributed by atoms with Crippen molar-refractivity contribution < 1.29 is 18.7 Å². The fourth-order valence-corrected chi connectivity index (χ4v) is 3.72. The van der Waals surface area contributed by atoms with E-state index in [1.165, 1.54) is 0 Å². The minimum Gasteiger partial charge on any atom is -0.486 e. The Labute approximate surface area is 175 Å². The van der Waals surface area contributed by atoms with Crippen LogP contribution in [-0.4, -0.2) is 41.6 Å². The van der Waals surface area contributed by atoms with Crippen LogP contribution in [0.2, 0.25) is 0 Å². The largest absolute Gasteiger partial charge is 0.486 e. The SMILES string of the molecule is CCN(CC1COc2ccccc2O1)C(=O)c1nc(-c2ccccc2)oc1C1CC1. The molecule has 1 unspecified atom stereocenters. The summed E-state index contributed by atoms with van der Waals surface area (Å²) in [5.74, 6) is 2.83. The third-order valence-electron chi connectivity index (χ3n) is 5.49. The minimum atomic E-state index is -0.228. The van der Waals surface area contributed by atoms with E-state index in [2.05, 4.69) is 4.98 Å². The summed E-state index contributed by atoms with van der Waals surface area (Å²) in [6.07, 6.45) is 1.84. The first kappa shape index (κ1) is 18.7. The number of aromatic nitrogens is 1. The molecule has 0 spiro atoms. The number of nitrogens with zero attached hydrogens (tertiary/aromatic N) is 2. The lowest BCUT2D eigenvalue weighted by Crippen LogP contribution is -2.43. The van der Waals surface area contributed by atoms with Gasteiger partial charge in [0.15, 0.2) is 23.3 Å². The average molecular weight is 404 g/mol. The van der Waals surface area contributed by atoms with Crippen molar-refractivity contribution in [3.05, 3.63) is 66.1 Å². The molecule has 154 valence electrons. The molecule has 5 rings (SSSR count). The van der Waals surface area contributed by atoms with Crippen LogP contribution in [-0.2, 0) is 0 Å². The number of fused-ring (bicyclic) bond motifs is 1. The highest BCUT2D eigenvalue weighted by molar-refractivity contribution is 5.94. The van der Waals surface area contributed by atoms with Gasteiger partial charge in [0.25, 0.3) is 5.91 Å². The Morgan fingerprint density at radius 3 is 2.53 bits per heavy atom. The van der Waals surface area contributed by atoms with Gasteiger partial charge in [-0.1, -0.05) is 30.3 Å². The van der Waals surface area contributed by atoms with E-state index in [-0.39, 0.29) is 17.9 Å². The predicted octanol–water partition coefficient (Wildman–Crippen LogP) is 4.52. The van der Waals surface area contributed by atoms with Gasteiger partial charge >= 0.3 is 0 Å². The number of likely N-dealkylation sites (N-methyl/N-ethyl adjacent to an activating group) is 1. The van der Waals surface area contributed by atoms with Crippen LogP contribution in [0.5, 0.6) is 11.5 Å². The quantitative estimate of drug-likeness (QED) is 0.604. The van der Waals surface area contributed by atoms with Crippen molar-refractivity contribution in [3.63, 3.8) is 0 Å². The number of benzene rings is 2. The molecule has 3 aromatic rings. The molecule has 1 aliphatic carbocycles. The topological polar surface area (TPSA) is 64.8 Å². The molecular formula is C24H24N2O4. The van der Waals surface area contributed by atoms with E-state index in [0.29, 0.717) is 42.8 Å². The lowest BCUT2D eigenvalue weighted by Gasteiger charge is -2.30. The molecule has 1 aliphatic heterocycles. The minimum absolute atomic E-state index is 0.118. The summed E-state index contributed by atoms with van der Waals surface area (Å²) in [7, 11) is 0. The highest BCUT2D eigenvalue weighted by Crippen LogP contribution is 2.43. The summed E-state index contributed by atoms with van der Waals surface area (Å²) in [5.41, 5.74) is 1.30. The molecule has 2 aromatic carbocycles. The van der Waals surface area contributed by atoms with Crippen LogP contribution in [0.4, 0.5) is 0 Å². The Morgan fingerprint density at radius 2 is 1.80 bits per heavy atom. The molecule has 1 amide bonds. The van der Waals surface area contributed by atoms with Gasteiger partial charge in [0, 0.05) is 18.0 Å². The van der Waals surface area contributed by atoms with Crippen molar-refractivity contribution in [2.75, 3.05) is 19.7 Å². The Morgan fingerprint density at radius 1 is 1.07 bits per heavy atom. The zero-order valence-electron chi connectivity index (χ0n) is 16.9. The number of rotatable bonds is 6. The van der Waals surface area contributed by atoms with Crippen molar-refractivity contribution in [1.29, 1.82) is 0 Å². The molecule has 1 saturated carbocycles. The summed E-state index contributed by atoms with van der Waals surface area (Å²) < 4.78 is 17.9. The van der Waals surface area contributed by atoms with Gasteiger partial charge in [-0.2, -0.15) is 0 Å². The molecule has 30 heavy (non-hydrogen) atoms. The van der Waals surface area contributed by atoms with Crippen LogP contribution in [0.25, 0.3) is 11.5 Å². The molecule has 0 N–H and O–H groups in total. The average Bonchev–Trinajstić information content (AvgIpc) is 3.55. The van der Waals surface area contributed by atoms with Crippen LogP contribution in [0.1, 0.15) is 41.9 Å². The van der Waals surface area contributed by atoms with Gasteiger partial charge in [-0.15, -0.1) is 0 Å². The van der Waals surface area contributed by atoms with Crippen LogP contribution in [0.3, 0.4) is 0 Å². The standard InChI is InChI=1S/C24H24N2O4/c1-2-26(14-18-15-28-19-10-6-7-11-20(19)29-18)24(27)21-22(16-12-13-16)30-23(25-21)17-8-4-3-5-9-17/h3-11,16,18H,2,12-15H2,1H3. The smallest absolute Gasteiger partial charge is 0.276 e. The van der Waals surface area contributed by atoms with E-state index in [4.69, 9.17) is 13.9 Å². The van der Waals surface area contributed by atoms with Crippen molar-refractivity contribution in [2.24, 2.45) is 0 Å². The van der Waals surface area contributed by atoms with Gasteiger partial charge in [0.1, 0.15) is 12.4 Å². The molecule has 0 saturated heterocycles. The Balaban J connectivity index is 1.37. The molecule has 0 radical (unpaired) electrons. The summed E-state index contributed by atoms with van der Waals surface area (Å²) in [6, 6.07) is 17.3. The maximum absolute atomic E-state index is 13.4. The van der Waals surface area contributed by atoms with E-state index in [0.717, 1.165) is 24.2 Å². The van der Waals surface area contributed by atoms with E-state index in [9.17, 15) is 4.79 Å². The van der Waals surface area contributed by atoms with Gasteiger partial charge in [-0.05, 0) is 44.0 Å². The van der Waals surface area contributed by atoms with Crippen molar-refractivity contribution in [2.45, 2.75) is 31.8 Å². The molecular weight excluding hydrogens is 380 g/mol. The molecule has 1 aromatic heterocycles. The highest BCUT2D eigenvalue weighted by atomic mass is 16.6. The first-order chi connectivity index (χ1) is 14.7. The van der Waals surface area contributed by atoms with Gasteiger partial charge in [0.2, 0.25) is 5.89 Å². The lowest BCUT2D eigenvalue weighted by molar-refractivity contribution is 0.0470. The second-order valence-corrected chi connectivity index (χ2v) is 7.71. The van der Waals surface area contributed by atoms with Crippen LogP contribution < -0.4 is 9.47 Å².